The van der Waals surface area contributed by atoms with E-state index in [9.17, 15) is 19.4 Å². The molecule has 0 bridgehead atoms. The molecule has 0 saturated heterocycles. The zero-order chi connectivity index (χ0) is 43.4. The SMILES string of the molecule is CCCCCCC/C=C\C/C=C\C/C=C\CCCCCCCCCCCCCCCCCCCCCCCCCCC(=O)OCC(O)COP(=O)(O)OCC[N+](C)(C)C. The van der Waals surface area contributed by atoms with Gasteiger partial charge in [0.25, 0.3) is 0 Å². The van der Waals surface area contributed by atoms with Crippen molar-refractivity contribution in [1.82, 2.24) is 0 Å². The maximum atomic E-state index is 12.0. The molecule has 8 nitrogen and oxygen atoms in total. The molecule has 59 heavy (non-hydrogen) atoms. The largest absolute Gasteiger partial charge is 0.472 e. The van der Waals surface area contributed by atoms with Gasteiger partial charge in [0.2, 0.25) is 0 Å². The van der Waals surface area contributed by atoms with Crippen molar-refractivity contribution in [2.24, 2.45) is 0 Å². The van der Waals surface area contributed by atoms with Crippen LogP contribution < -0.4 is 0 Å². The Kier molecular flexibility index (Phi) is 42.4. The fourth-order valence-corrected chi connectivity index (χ4v) is 7.77. The lowest BCUT2D eigenvalue weighted by molar-refractivity contribution is -0.870. The molecule has 0 radical (unpaired) electrons. The Morgan fingerprint density at radius 2 is 0.881 bits per heavy atom. The number of quaternary nitrogens is 1. The minimum absolute atomic E-state index is 0.0557. The second-order valence-electron chi connectivity index (χ2n) is 18.1. The van der Waals surface area contributed by atoms with Gasteiger partial charge in [-0.05, 0) is 44.9 Å². The Morgan fingerprint density at radius 1 is 0.525 bits per heavy atom. The number of rotatable bonds is 46. The molecule has 0 amide bonds. The summed E-state index contributed by atoms with van der Waals surface area (Å²) in [6.07, 6.45) is 56.6. The zero-order valence-electron chi connectivity index (χ0n) is 39.2. The highest BCUT2D eigenvalue weighted by molar-refractivity contribution is 7.47. The number of carbonyl (C=O) groups excluding carboxylic acids is 1. The molecule has 2 atom stereocenters. The van der Waals surface area contributed by atoms with E-state index < -0.39 is 20.5 Å². The summed E-state index contributed by atoms with van der Waals surface area (Å²) in [7, 11) is 1.57. The van der Waals surface area contributed by atoms with Crippen molar-refractivity contribution >= 4 is 13.8 Å². The first-order valence-electron chi connectivity index (χ1n) is 24.8. The van der Waals surface area contributed by atoms with Crippen LogP contribution >= 0.6 is 7.82 Å². The van der Waals surface area contributed by atoms with E-state index in [0.717, 1.165) is 32.1 Å². The van der Waals surface area contributed by atoms with Crippen molar-refractivity contribution in [1.29, 1.82) is 0 Å². The average Bonchev–Trinajstić information content (AvgIpc) is 3.19. The van der Waals surface area contributed by atoms with Crippen LogP contribution in [0.25, 0.3) is 0 Å². The average molecular weight is 855 g/mol. The van der Waals surface area contributed by atoms with Crippen molar-refractivity contribution in [2.75, 3.05) is 47.5 Å². The summed E-state index contributed by atoms with van der Waals surface area (Å²) in [5.41, 5.74) is 0. The summed E-state index contributed by atoms with van der Waals surface area (Å²) in [4.78, 5) is 21.7. The minimum atomic E-state index is -4.25. The Balaban J connectivity index is 3.32. The number of unbranched alkanes of at least 4 members (excludes halogenated alkanes) is 29. The van der Waals surface area contributed by atoms with E-state index >= 15 is 0 Å². The van der Waals surface area contributed by atoms with Gasteiger partial charge in [-0.15, -0.1) is 0 Å². The van der Waals surface area contributed by atoms with E-state index in [1.54, 1.807) is 0 Å². The van der Waals surface area contributed by atoms with Gasteiger partial charge in [-0.3, -0.25) is 13.8 Å². The van der Waals surface area contributed by atoms with Crippen molar-refractivity contribution in [2.45, 2.75) is 231 Å². The normalized spacial score (nSPS) is 13.9. The van der Waals surface area contributed by atoms with Gasteiger partial charge < -0.3 is 19.2 Å². The van der Waals surface area contributed by atoms with Crippen LogP contribution in [0.3, 0.4) is 0 Å². The smallest absolute Gasteiger partial charge is 0.463 e. The monoisotopic (exact) mass is 855 g/mol. The Labute approximate surface area is 365 Å². The van der Waals surface area contributed by atoms with E-state index in [2.05, 4.69) is 43.4 Å². The number of carbonyl (C=O) groups is 1. The minimum Gasteiger partial charge on any atom is -0.463 e. The first-order chi connectivity index (χ1) is 28.6. The quantitative estimate of drug-likeness (QED) is 0.0207. The molecule has 0 aromatic rings. The Morgan fingerprint density at radius 3 is 1.27 bits per heavy atom. The molecule has 0 aliphatic heterocycles. The zero-order valence-corrected chi connectivity index (χ0v) is 40.1. The fraction of sp³-hybridized carbons (Fsp3) is 0.860. The van der Waals surface area contributed by atoms with Gasteiger partial charge >= 0.3 is 13.8 Å². The topological polar surface area (TPSA) is 102 Å². The molecule has 0 spiro atoms. The molecule has 0 aliphatic carbocycles. The maximum Gasteiger partial charge on any atom is 0.472 e. The molecule has 0 rings (SSSR count). The number of nitrogens with zero attached hydrogens (tertiary/aromatic N) is 1. The first kappa shape index (κ1) is 57.7. The third kappa shape index (κ3) is 49.3. The highest BCUT2D eigenvalue weighted by Crippen LogP contribution is 2.43. The molecule has 0 heterocycles. The Hall–Kier alpha value is -1.28. The molecular formula is C50H97NO7P+. The molecule has 0 saturated carbocycles. The van der Waals surface area contributed by atoms with E-state index in [4.69, 9.17) is 13.8 Å². The molecule has 9 heteroatoms. The van der Waals surface area contributed by atoms with Gasteiger partial charge in [-0.1, -0.05) is 210 Å². The molecule has 0 fully saturated rings. The predicted octanol–water partition coefficient (Wildman–Crippen LogP) is 14.7. The number of likely N-dealkylation sites (N-methyl/N-ethyl adjacent to an activating group) is 1. The van der Waals surface area contributed by atoms with Crippen LogP contribution in [0.5, 0.6) is 0 Å². The van der Waals surface area contributed by atoms with Gasteiger partial charge in [0.15, 0.2) is 0 Å². The summed E-state index contributed by atoms with van der Waals surface area (Å²) in [5, 5.41) is 9.93. The standard InChI is InChI=1S/C50H96NO7P/c1-5-6-7-8-9-10-11-12-13-14-15-16-17-18-19-20-21-22-23-24-25-26-27-28-29-30-31-32-33-34-35-36-37-38-39-40-41-42-43-44-50(53)56-47-49(52)48-58-59(54,55)57-46-45-51(2,3)4/h11-12,14-15,17-18,49,52H,5-10,13,16,19-48H2,1-4H3/p+1/b12-11-,15-14-,18-17-. The summed E-state index contributed by atoms with van der Waals surface area (Å²) in [6, 6.07) is 0. The second-order valence-corrected chi connectivity index (χ2v) is 19.5. The van der Waals surface area contributed by atoms with E-state index in [0.29, 0.717) is 17.4 Å². The van der Waals surface area contributed by atoms with Crippen LogP contribution in [0.15, 0.2) is 36.5 Å². The first-order valence-corrected chi connectivity index (χ1v) is 26.3. The lowest BCUT2D eigenvalue weighted by atomic mass is 10.0. The van der Waals surface area contributed by atoms with Crippen LogP contribution in [0.1, 0.15) is 225 Å². The number of aliphatic hydroxyl groups is 1. The van der Waals surface area contributed by atoms with Crippen molar-refractivity contribution < 1.29 is 37.6 Å². The number of hydrogen-bond acceptors (Lipinski definition) is 6. The van der Waals surface area contributed by atoms with Crippen LogP contribution in [-0.2, 0) is 23.1 Å². The number of phosphoric acid groups is 1. The molecule has 0 aromatic heterocycles. The molecule has 0 aromatic carbocycles. The summed E-state index contributed by atoms with van der Waals surface area (Å²) >= 11 is 0. The van der Waals surface area contributed by atoms with Gasteiger partial charge in [0.1, 0.15) is 25.9 Å². The number of esters is 1. The van der Waals surface area contributed by atoms with Crippen LogP contribution in [0.2, 0.25) is 0 Å². The van der Waals surface area contributed by atoms with Gasteiger partial charge in [-0.25, -0.2) is 4.57 Å². The van der Waals surface area contributed by atoms with E-state index in [1.807, 2.05) is 21.1 Å². The summed E-state index contributed by atoms with van der Waals surface area (Å²) in [6.45, 7) is 2.15. The lowest BCUT2D eigenvalue weighted by Gasteiger charge is -2.24. The van der Waals surface area contributed by atoms with Gasteiger partial charge in [0.05, 0.1) is 27.7 Å². The molecule has 2 unspecified atom stereocenters. The van der Waals surface area contributed by atoms with Crippen molar-refractivity contribution in [3.8, 4) is 0 Å². The Bertz CT molecular complexity index is 1040. The number of hydrogen-bond donors (Lipinski definition) is 2. The van der Waals surface area contributed by atoms with Gasteiger partial charge in [0, 0.05) is 6.42 Å². The lowest BCUT2D eigenvalue weighted by Crippen LogP contribution is -2.37. The predicted molar refractivity (Wildman–Crippen MR) is 252 cm³/mol. The highest BCUT2D eigenvalue weighted by atomic mass is 31.2. The number of allylic oxidation sites excluding steroid dienone is 6. The van der Waals surface area contributed by atoms with Crippen LogP contribution in [0.4, 0.5) is 0 Å². The van der Waals surface area contributed by atoms with Crippen LogP contribution in [-0.4, -0.2) is 74.1 Å². The van der Waals surface area contributed by atoms with E-state index in [1.165, 1.54) is 180 Å². The highest BCUT2D eigenvalue weighted by Gasteiger charge is 2.24. The molecule has 2 N–H and O–H groups in total. The number of ether oxygens (including phenoxy) is 1. The fourth-order valence-electron chi connectivity index (χ4n) is 7.02. The van der Waals surface area contributed by atoms with Crippen LogP contribution in [0, 0.1) is 0 Å². The van der Waals surface area contributed by atoms with Gasteiger partial charge in [-0.2, -0.15) is 0 Å². The third-order valence-electron chi connectivity index (χ3n) is 10.9. The summed E-state index contributed by atoms with van der Waals surface area (Å²) < 4.78 is 27.3. The van der Waals surface area contributed by atoms with E-state index in [-0.39, 0.29) is 19.2 Å². The molecule has 348 valence electrons. The third-order valence-corrected chi connectivity index (χ3v) is 11.9. The molecule has 0 aliphatic rings. The summed E-state index contributed by atoms with van der Waals surface area (Å²) in [5.74, 6) is -0.367. The molecular weight excluding hydrogens is 758 g/mol. The maximum absolute atomic E-state index is 12.0. The second kappa shape index (κ2) is 43.4. The number of aliphatic hydroxyl groups excluding tert-OH is 1. The number of phosphoric ester groups is 1. The van der Waals surface area contributed by atoms with Crippen molar-refractivity contribution in [3.63, 3.8) is 0 Å². The van der Waals surface area contributed by atoms with Crippen molar-refractivity contribution in [3.05, 3.63) is 36.5 Å².